The number of hydrogen-bond acceptors (Lipinski definition) is 6. The summed E-state index contributed by atoms with van der Waals surface area (Å²) in [5.41, 5.74) is 5.62. The molecular formula is C29H37N3NiO3. The molecule has 0 amide bonds. The summed E-state index contributed by atoms with van der Waals surface area (Å²) >= 11 is 0. The number of ether oxygens (including phenoxy) is 1. The number of hydrogen-bond donors (Lipinski definition) is 0. The zero-order chi connectivity index (χ0) is 26.6. The second-order valence-corrected chi connectivity index (χ2v) is 10.8. The van der Waals surface area contributed by atoms with Gasteiger partial charge in [0, 0.05) is 12.4 Å². The van der Waals surface area contributed by atoms with E-state index < -0.39 is 16.9 Å². The minimum Gasteiger partial charge on any atom is -0.873 e. The summed E-state index contributed by atoms with van der Waals surface area (Å²) in [5.74, 6) is -0.336. The molecule has 2 aromatic carbocycles. The Morgan fingerprint density at radius 1 is 0.861 bits per heavy atom. The van der Waals surface area contributed by atoms with E-state index >= 15 is 0 Å². The quantitative estimate of drug-likeness (QED) is 0.323. The molecule has 0 saturated heterocycles. The van der Waals surface area contributed by atoms with Crippen LogP contribution in [0.2, 0.25) is 0 Å². The molecular weight excluding hydrogens is 497 g/mol. The molecule has 0 aliphatic carbocycles. The van der Waals surface area contributed by atoms with Gasteiger partial charge in [0.15, 0.2) is 0 Å². The topological polar surface area (TPSA) is 93.5 Å². The van der Waals surface area contributed by atoms with Crippen molar-refractivity contribution in [2.75, 3.05) is 7.11 Å². The van der Waals surface area contributed by atoms with E-state index in [0.717, 1.165) is 11.4 Å². The van der Waals surface area contributed by atoms with Gasteiger partial charge in [0.2, 0.25) is 0 Å². The van der Waals surface area contributed by atoms with Crippen LogP contribution in [0.1, 0.15) is 75.1 Å². The summed E-state index contributed by atoms with van der Waals surface area (Å²) < 4.78 is 5.30. The van der Waals surface area contributed by atoms with Crippen molar-refractivity contribution in [2.24, 2.45) is 4.99 Å². The molecule has 0 unspecified atom stereocenters. The smallest absolute Gasteiger partial charge is 0.873 e. The van der Waals surface area contributed by atoms with E-state index in [2.05, 4.69) is 47.9 Å². The fourth-order valence-corrected chi connectivity index (χ4v) is 3.93. The van der Waals surface area contributed by atoms with Crippen molar-refractivity contribution < 1.29 is 31.4 Å². The first kappa shape index (κ1) is 31.1. The van der Waals surface area contributed by atoms with E-state index in [-0.39, 0.29) is 21.9 Å². The van der Waals surface area contributed by atoms with Gasteiger partial charge in [-0.15, -0.1) is 11.5 Å². The van der Waals surface area contributed by atoms with Gasteiger partial charge in [0.25, 0.3) is 0 Å². The van der Waals surface area contributed by atoms with Crippen molar-refractivity contribution >= 4 is 11.9 Å². The summed E-state index contributed by atoms with van der Waals surface area (Å²) in [4.78, 5) is 12.7. The minimum atomic E-state index is -0.438. The molecule has 0 aliphatic heterocycles. The van der Waals surface area contributed by atoms with Gasteiger partial charge in [-0.2, -0.15) is 0 Å². The van der Waals surface area contributed by atoms with E-state index in [1.54, 1.807) is 30.9 Å². The third kappa shape index (κ3) is 7.79. The Kier molecular flexibility index (Phi) is 10.7. The number of rotatable bonds is 3. The van der Waals surface area contributed by atoms with Crippen molar-refractivity contribution in [2.45, 2.75) is 73.1 Å². The predicted octanol–water partition coefficient (Wildman–Crippen LogP) is 5.59. The monoisotopic (exact) mass is 533 g/mol. The van der Waals surface area contributed by atoms with Crippen molar-refractivity contribution in [1.29, 1.82) is 0 Å². The Morgan fingerprint density at radius 3 is 1.89 bits per heavy atom. The van der Waals surface area contributed by atoms with Gasteiger partial charge in [-0.05, 0) is 59.9 Å². The SMILES string of the molecule is COc1cc(C(C)(C)C)c([O-])c([O-])c1C(C)(C)C.Cc1cc(C)c(N=Cc2cnccn2)c(C)c1.[Ni+2]. The summed E-state index contributed by atoms with van der Waals surface area (Å²) in [6, 6.07) is 5.98. The van der Waals surface area contributed by atoms with E-state index in [1.165, 1.54) is 23.8 Å². The molecule has 36 heavy (non-hydrogen) atoms. The summed E-state index contributed by atoms with van der Waals surface area (Å²) in [6.45, 7) is 17.7. The molecule has 0 N–H and O–H groups in total. The molecule has 1 heterocycles. The molecule has 0 fully saturated rings. The maximum absolute atomic E-state index is 12.3. The normalized spacial score (nSPS) is 11.5. The van der Waals surface area contributed by atoms with Gasteiger partial charge in [0.1, 0.15) is 5.75 Å². The molecule has 0 spiro atoms. The molecule has 7 heteroatoms. The number of nitrogens with zero attached hydrogens (tertiary/aromatic N) is 3. The molecule has 3 rings (SSSR count). The van der Waals surface area contributed by atoms with Crippen LogP contribution in [0.25, 0.3) is 0 Å². The van der Waals surface area contributed by atoms with Crippen LogP contribution in [0.5, 0.6) is 17.2 Å². The number of benzene rings is 2. The molecule has 1 aromatic heterocycles. The van der Waals surface area contributed by atoms with Crippen LogP contribution in [0.15, 0.2) is 41.8 Å². The fraction of sp³-hybridized carbons (Fsp3) is 0.414. The third-order valence-electron chi connectivity index (χ3n) is 5.52. The fourth-order valence-electron chi connectivity index (χ4n) is 3.93. The van der Waals surface area contributed by atoms with Gasteiger partial charge in [-0.1, -0.05) is 59.2 Å². The van der Waals surface area contributed by atoms with Crippen LogP contribution in [0.4, 0.5) is 5.69 Å². The first-order valence-electron chi connectivity index (χ1n) is 11.6. The Balaban J connectivity index is 0.000000351. The number of aliphatic imine (C=N–C) groups is 1. The molecule has 0 saturated carbocycles. The van der Waals surface area contributed by atoms with Crippen molar-refractivity contribution in [3.8, 4) is 17.2 Å². The van der Waals surface area contributed by atoms with E-state index in [1.807, 2.05) is 41.5 Å². The molecule has 196 valence electrons. The summed E-state index contributed by atoms with van der Waals surface area (Å²) in [6.07, 6.45) is 6.76. The van der Waals surface area contributed by atoms with Crippen LogP contribution in [-0.2, 0) is 27.3 Å². The Morgan fingerprint density at radius 2 is 1.44 bits per heavy atom. The Hall–Kier alpha value is -2.92. The van der Waals surface area contributed by atoms with Crippen LogP contribution in [0, 0.1) is 20.8 Å². The van der Waals surface area contributed by atoms with Gasteiger partial charge in [0.05, 0.1) is 30.9 Å². The average Bonchev–Trinajstić information content (AvgIpc) is 2.74. The molecule has 0 atom stereocenters. The van der Waals surface area contributed by atoms with Gasteiger partial charge in [-0.25, -0.2) is 0 Å². The first-order chi connectivity index (χ1) is 16.2. The molecule has 0 bridgehead atoms. The molecule has 3 aromatic rings. The standard InChI is InChI=1S/C15H24O3.C14H15N3.Ni/c1-14(2,3)9-8-10(18-7)11(15(4,5)6)13(17)12(9)16;1-10-6-11(2)14(12(3)7-10)17-9-13-8-15-4-5-16-13;/h8,16-17H,1-7H3;4-9H,1-3H3;/q;;+2/p-2. The van der Waals surface area contributed by atoms with Gasteiger partial charge >= 0.3 is 16.5 Å². The number of aryl methyl sites for hydroxylation is 3. The van der Waals surface area contributed by atoms with Crippen molar-refractivity contribution in [3.63, 3.8) is 0 Å². The average molecular weight is 534 g/mol. The zero-order valence-corrected chi connectivity index (χ0v) is 23.9. The van der Waals surface area contributed by atoms with E-state index in [4.69, 9.17) is 4.74 Å². The van der Waals surface area contributed by atoms with Crippen LogP contribution >= 0.6 is 0 Å². The maximum Gasteiger partial charge on any atom is 2.00 e. The van der Waals surface area contributed by atoms with Gasteiger partial charge in [-0.3, -0.25) is 15.0 Å². The van der Waals surface area contributed by atoms with Crippen LogP contribution in [0.3, 0.4) is 0 Å². The van der Waals surface area contributed by atoms with E-state index in [0.29, 0.717) is 16.9 Å². The zero-order valence-electron chi connectivity index (χ0n) is 22.9. The van der Waals surface area contributed by atoms with Crippen molar-refractivity contribution in [1.82, 2.24) is 9.97 Å². The van der Waals surface area contributed by atoms with Crippen LogP contribution < -0.4 is 14.9 Å². The van der Waals surface area contributed by atoms with Crippen LogP contribution in [-0.4, -0.2) is 23.3 Å². The maximum atomic E-state index is 12.3. The Labute approximate surface area is 225 Å². The number of aromatic nitrogens is 2. The second kappa shape index (κ2) is 12.4. The molecule has 6 nitrogen and oxygen atoms in total. The predicted molar refractivity (Wildman–Crippen MR) is 139 cm³/mol. The second-order valence-electron chi connectivity index (χ2n) is 10.8. The minimum absolute atomic E-state index is 0. The summed E-state index contributed by atoms with van der Waals surface area (Å²) in [5, 5.41) is 24.5. The summed E-state index contributed by atoms with van der Waals surface area (Å²) in [7, 11) is 1.53. The van der Waals surface area contributed by atoms with Gasteiger partial charge < -0.3 is 14.9 Å². The number of methoxy groups -OCH3 is 1. The molecule has 0 aliphatic rings. The first-order valence-corrected chi connectivity index (χ1v) is 11.6. The molecule has 0 radical (unpaired) electrons. The van der Waals surface area contributed by atoms with Crippen molar-refractivity contribution in [3.05, 3.63) is 70.3 Å². The Bertz CT molecular complexity index is 1170. The third-order valence-corrected chi connectivity index (χ3v) is 5.52. The largest absolute Gasteiger partial charge is 2.00 e. The van der Waals surface area contributed by atoms with E-state index in [9.17, 15) is 10.2 Å².